The third-order valence-electron chi connectivity index (χ3n) is 2.59. The SMILES string of the molecule is C=CC(=C)/C=C/C=C(C)/C=C/C=C(C)/C=N/CCCC. The molecule has 0 aromatic carbocycles. The first-order valence-corrected chi connectivity index (χ1v) is 7.11. The highest BCUT2D eigenvalue weighted by Crippen LogP contribution is 2.00. The Labute approximate surface area is 124 Å². The molecule has 0 bridgehead atoms. The zero-order chi connectivity index (χ0) is 15.2. The van der Waals surface area contributed by atoms with Crippen molar-refractivity contribution in [1.29, 1.82) is 0 Å². The highest BCUT2D eigenvalue weighted by atomic mass is 14.7. The van der Waals surface area contributed by atoms with Crippen LogP contribution in [-0.2, 0) is 0 Å². The van der Waals surface area contributed by atoms with E-state index in [1.807, 2.05) is 30.5 Å². The zero-order valence-corrected chi connectivity index (χ0v) is 13.1. The van der Waals surface area contributed by atoms with Crippen molar-refractivity contribution in [1.82, 2.24) is 0 Å². The predicted octanol–water partition coefficient (Wildman–Crippen LogP) is 5.60. The lowest BCUT2D eigenvalue weighted by Gasteiger charge is -1.91. The molecule has 108 valence electrons. The van der Waals surface area contributed by atoms with Crippen LogP contribution in [-0.4, -0.2) is 12.8 Å². The number of aliphatic imine (C=N–C) groups is 1. The van der Waals surface area contributed by atoms with E-state index in [0.29, 0.717) is 0 Å². The number of rotatable bonds is 9. The summed E-state index contributed by atoms with van der Waals surface area (Å²) in [5, 5.41) is 0. The third kappa shape index (κ3) is 11.2. The molecular formula is C19H27N. The maximum absolute atomic E-state index is 4.37. The van der Waals surface area contributed by atoms with Gasteiger partial charge in [-0.05, 0) is 31.4 Å². The zero-order valence-electron chi connectivity index (χ0n) is 13.1. The lowest BCUT2D eigenvalue weighted by atomic mass is 10.2. The van der Waals surface area contributed by atoms with Crippen LogP contribution in [0, 0.1) is 0 Å². The Bertz CT molecular complexity index is 442. The van der Waals surface area contributed by atoms with Crippen LogP contribution in [0.1, 0.15) is 33.6 Å². The maximum atomic E-state index is 4.37. The number of hydrogen-bond donors (Lipinski definition) is 0. The van der Waals surface area contributed by atoms with Gasteiger partial charge >= 0.3 is 0 Å². The van der Waals surface area contributed by atoms with Crippen LogP contribution in [0.3, 0.4) is 0 Å². The molecule has 0 radical (unpaired) electrons. The van der Waals surface area contributed by atoms with Gasteiger partial charge in [-0.15, -0.1) is 0 Å². The van der Waals surface area contributed by atoms with Crippen molar-refractivity contribution in [2.75, 3.05) is 6.54 Å². The molecule has 0 fully saturated rings. The number of nitrogens with zero attached hydrogens (tertiary/aromatic N) is 1. The van der Waals surface area contributed by atoms with E-state index in [2.05, 4.69) is 51.1 Å². The van der Waals surface area contributed by atoms with Gasteiger partial charge in [0.15, 0.2) is 0 Å². The summed E-state index contributed by atoms with van der Waals surface area (Å²) in [5.74, 6) is 0. The Morgan fingerprint density at radius 1 is 1.05 bits per heavy atom. The minimum Gasteiger partial charge on any atom is -0.293 e. The molecule has 0 spiro atoms. The minimum atomic E-state index is 0.914. The van der Waals surface area contributed by atoms with E-state index in [1.165, 1.54) is 17.6 Å². The van der Waals surface area contributed by atoms with Crippen LogP contribution in [0.15, 0.2) is 77.4 Å². The van der Waals surface area contributed by atoms with Crippen molar-refractivity contribution in [2.24, 2.45) is 4.99 Å². The van der Waals surface area contributed by atoms with Gasteiger partial charge in [-0.2, -0.15) is 0 Å². The van der Waals surface area contributed by atoms with Gasteiger partial charge < -0.3 is 0 Å². The van der Waals surface area contributed by atoms with Crippen LogP contribution < -0.4 is 0 Å². The molecule has 0 aliphatic carbocycles. The van der Waals surface area contributed by atoms with Crippen molar-refractivity contribution in [2.45, 2.75) is 33.6 Å². The molecule has 0 heterocycles. The average molecular weight is 269 g/mol. The van der Waals surface area contributed by atoms with E-state index >= 15 is 0 Å². The molecule has 0 aromatic heterocycles. The number of allylic oxidation sites excluding steroid dienone is 10. The van der Waals surface area contributed by atoms with Crippen molar-refractivity contribution in [3.63, 3.8) is 0 Å². The van der Waals surface area contributed by atoms with E-state index in [0.717, 1.165) is 18.5 Å². The van der Waals surface area contributed by atoms with Gasteiger partial charge in [0.05, 0.1) is 0 Å². The molecule has 0 rings (SSSR count). The van der Waals surface area contributed by atoms with Crippen LogP contribution in [0.2, 0.25) is 0 Å². The lowest BCUT2D eigenvalue weighted by molar-refractivity contribution is 0.810. The predicted molar refractivity (Wildman–Crippen MR) is 93.4 cm³/mol. The van der Waals surface area contributed by atoms with Crippen LogP contribution in [0.5, 0.6) is 0 Å². The second kappa shape index (κ2) is 12.2. The third-order valence-corrected chi connectivity index (χ3v) is 2.59. The molecule has 0 N–H and O–H groups in total. The Kier molecular flexibility index (Phi) is 11.0. The molecule has 1 heteroatoms. The monoisotopic (exact) mass is 269 g/mol. The van der Waals surface area contributed by atoms with Gasteiger partial charge in [-0.25, -0.2) is 0 Å². The quantitative estimate of drug-likeness (QED) is 0.293. The molecule has 0 saturated carbocycles. The Morgan fingerprint density at radius 2 is 1.70 bits per heavy atom. The summed E-state index contributed by atoms with van der Waals surface area (Å²) >= 11 is 0. The molecule has 0 amide bonds. The smallest absolute Gasteiger partial charge is 0.0389 e. The number of hydrogen-bond acceptors (Lipinski definition) is 1. The molecule has 20 heavy (non-hydrogen) atoms. The first-order chi connectivity index (χ1) is 9.60. The average Bonchev–Trinajstić information content (AvgIpc) is 2.43. The van der Waals surface area contributed by atoms with Crippen molar-refractivity contribution < 1.29 is 0 Å². The van der Waals surface area contributed by atoms with Crippen LogP contribution in [0.4, 0.5) is 0 Å². The summed E-state index contributed by atoms with van der Waals surface area (Å²) in [5.41, 5.74) is 3.27. The lowest BCUT2D eigenvalue weighted by Crippen LogP contribution is -1.82. The van der Waals surface area contributed by atoms with Crippen molar-refractivity contribution in [3.8, 4) is 0 Å². The first-order valence-electron chi connectivity index (χ1n) is 7.11. The Hall–Kier alpha value is -1.89. The fourth-order valence-electron chi connectivity index (χ4n) is 1.30. The van der Waals surface area contributed by atoms with E-state index in [4.69, 9.17) is 0 Å². The van der Waals surface area contributed by atoms with Crippen molar-refractivity contribution >= 4 is 6.21 Å². The second-order valence-corrected chi connectivity index (χ2v) is 4.71. The van der Waals surface area contributed by atoms with E-state index in [1.54, 1.807) is 6.08 Å². The molecule has 0 aliphatic rings. The molecule has 0 saturated heterocycles. The summed E-state index contributed by atoms with van der Waals surface area (Å²) in [6.07, 6.45) is 18.2. The summed E-state index contributed by atoms with van der Waals surface area (Å²) < 4.78 is 0. The summed E-state index contributed by atoms with van der Waals surface area (Å²) in [6.45, 7) is 14.7. The Morgan fingerprint density at radius 3 is 2.35 bits per heavy atom. The van der Waals surface area contributed by atoms with E-state index < -0.39 is 0 Å². The highest BCUT2D eigenvalue weighted by molar-refractivity contribution is 5.78. The second-order valence-electron chi connectivity index (χ2n) is 4.71. The summed E-state index contributed by atoms with van der Waals surface area (Å²) in [6, 6.07) is 0. The highest BCUT2D eigenvalue weighted by Gasteiger charge is 1.82. The molecular weight excluding hydrogens is 242 g/mol. The van der Waals surface area contributed by atoms with E-state index in [-0.39, 0.29) is 0 Å². The van der Waals surface area contributed by atoms with Crippen LogP contribution >= 0.6 is 0 Å². The van der Waals surface area contributed by atoms with Gasteiger partial charge in [0.1, 0.15) is 0 Å². The standard InChI is InChI=1S/C19H27N/c1-6-8-15-20-16-19(5)14-10-13-18(4)12-9-11-17(3)7-2/h7,9-14,16H,2-3,6,8,15H2,1,4-5H3/b11-9+,13-10+,18-12+,19-14+,20-16+. The van der Waals surface area contributed by atoms with Gasteiger partial charge in [0, 0.05) is 12.8 Å². The molecule has 1 nitrogen and oxygen atoms in total. The first kappa shape index (κ1) is 18.1. The Balaban J connectivity index is 4.30. The largest absolute Gasteiger partial charge is 0.293 e. The van der Waals surface area contributed by atoms with Crippen molar-refractivity contribution in [3.05, 3.63) is 72.4 Å². The molecule has 0 unspecified atom stereocenters. The van der Waals surface area contributed by atoms with Crippen LogP contribution in [0.25, 0.3) is 0 Å². The topological polar surface area (TPSA) is 12.4 Å². The number of unbranched alkanes of at least 4 members (excludes halogenated alkanes) is 1. The van der Waals surface area contributed by atoms with Gasteiger partial charge in [0.25, 0.3) is 0 Å². The van der Waals surface area contributed by atoms with Gasteiger partial charge in [0.2, 0.25) is 0 Å². The normalized spacial score (nSPS) is 13.8. The molecule has 0 atom stereocenters. The maximum Gasteiger partial charge on any atom is 0.0389 e. The molecule has 0 aliphatic heterocycles. The van der Waals surface area contributed by atoms with E-state index in [9.17, 15) is 0 Å². The summed E-state index contributed by atoms with van der Waals surface area (Å²) in [4.78, 5) is 4.37. The molecule has 0 aromatic rings. The fourth-order valence-corrected chi connectivity index (χ4v) is 1.30. The fraction of sp³-hybridized carbons (Fsp3) is 0.316. The summed E-state index contributed by atoms with van der Waals surface area (Å²) in [7, 11) is 0. The minimum absolute atomic E-state index is 0.914. The van der Waals surface area contributed by atoms with Gasteiger partial charge in [-0.1, -0.05) is 74.6 Å². The van der Waals surface area contributed by atoms with Gasteiger partial charge in [-0.3, -0.25) is 4.99 Å².